The van der Waals surface area contributed by atoms with Crippen LogP contribution in [0.15, 0.2) is 65.1 Å². The predicted octanol–water partition coefficient (Wildman–Crippen LogP) is 4.32. The monoisotopic (exact) mass is 309 g/mol. The fraction of sp³-hybridized carbons (Fsp3) is 0.105. The molecule has 1 heterocycles. The van der Waals surface area contributed by atoms with Crippen LogP contribution >= 0.6 is 0 Å². The summed E-state index contributed by atoms with van der Waals surface area (Å²) in [5.74, 6) is 0.728. The molecule has 0 aliphatic carbocycles. The van der Waals surface area contributed by atoms with Gasteiger partial charge < -0.3 is 9.73 Å². The highest BCUT2D eigenvalue weighted by atomic mass is 19.1. The van der Waals surface area contributed by atoms with Crippen LogP contribution in [-0.4, -0.2) is 5.91 Å². The minimum Gasteiger partial charge on any atom is -0.461 e. The topological polar surface area (TPSA) is 42.2 Å². The van der Waals surface area contributed by atoms with Crippen LogP contribution in [0, 0.1) is 12.7 Å². The van der Waals surface area contributed by atoms with Crippen LogP contribution in [0.1, 0.15) is 21.7 Å². The van der Waals surface area contributed by atoms with E-state index in [0.717, 1.165) is 11.1 Å². The number of furan rings is 1. The zero-order valence-corrected chi connectivity index (χ0v) is 12.7. The van der Waals surface area contributed by atoms with E-state index in [-0.39, 0.29) is 11.7 Å². The Morgan fingerprint density at radius 1 is 1.09 bits per heavy atom. The van der Waals surface area contributed by atoms with Gasteiger partial charge in [0.05, 0.1) is 5.56 Å². The van der Waals surface area contributed by atoms with E-state index in [1.807, 2.05) is 30.3 Å². The van der Waals surface area contributed by atoms with Crippen molar-refractivity contribution < 1.29 is 13.6 Å². The zero-order valence-electron chi connectivity index (χ0n) is 12.7. The summed E-state index contributed by atoms with van der Waals surface area (Å²) in [6.45, 7) is 2.10. The molecule has 0 saturated carbocycles. The number of carbonyl (C=O) groups is 1. The lowest BCUT2D eigenvalue weighted by molar-refractivity contribution is 0.0949. The Kier molecular flexibility index (Phi) is 4.24. The van der Waals surface area contributed by atoms with Gasteiger partial charge in [0.1, 0.15) is 17.3 Å². The number of amides is 1. The summed E-state index contributed by atoms with van der Waals surface area (Å²) in [4.78, 5) is 12.3. The van der Waals surface area contributed by atoms with Gasteiger partial charge in [-0.1, -0.05) is 42.5 Å². The van der Waals surface area contributed by atoms with Gasteiger partial charge in [-0.05, 0) is 30.7 Å². The van der Waals surface area contributed by atoms with E-state index in [1.165, 1.54) is 12.1 Å². The van der Waals surface area contributed by atoms with Crippen LogP contribution < -0.4 is 5.32 Å². The van der Waals surface area contributed by atoms with Crippen molar-refractivity contribution in [2.75, 3.05) is 0 Å². The first kappa shape index (κ1) is 15.0. The smallest absolute Gasteiger partial charge is 0.255 e. The van der Waals surface area contributed by atoms with Gasteiger partial charge in [-0.3, -0.25) is 4.79 Å². The Morgan fingerprint density at radius 2 is 1.78 bits per heavy atom. The highest BCUT2D eigenvalue weighted by Crippen LogP contribution is 2.25. The Morgan fingerprint density at radius 3 is 2.48 bits per heavy atom. The Balaban J connectivity index is 1.72. The molecule has 0 radical (unpaired) electrons. The number of carbonyl (C=O) groups excluding carboxylic acids is 1. The van der Waals surface area contributed by atoms with E-state index in [1.54, 1.807) is 25.1 Å². The molecule has 3 aromatic rings. The van der Waals surface area contributed by atoms with Crippen molar-refractivity contribution in [2.45, 2.75) is 13.5 Å². The zero-order chi connectivity index (χ0) is 16.2. The Labute approximate surface area is 133 Å². The van der Waals surface area contributed by atoms with Crippen LogP contribution in [0.4, 0.5) is 4.39 Å². The molecule has 3 nitrogen and oxygen atoms in total. The van der Waals surface area contributed by atoms with E-state index >= 15 is 0 Å². The van der Waals surface area contributed by atoms with Crippen LogP contribution in [0.3, 0.4) is 0 Å². The number of nitrogens with one attached hydrogen (secondary N) is 1. The van der Waals surface area contributed by atoms with Crippen LogP contribution in [0.2, 0.25) is 0 Å². The Hall–Kier alpha value is -2.88. The standard InChI is InChI=1S/C19H16FNO2/c1-13-17(11-18(23-13)15-5-3-2-4-6-15)19(22)21-12-14-7-9-16(20)10-8-14/h2-11H,12H2,1H3,(H,21,22). The fourth-order valence-corrected chi connectivity index (χ4v) is 2.33. The molecule has 0 aliphatic heterocycles. The lowest BCUT2D eigenvalue weighted by Crippen LogP contribution is -2.22. The van der Waals surface area contributed by atoms with E-state index in [4.69, 9.17) is 4.42 Å². The summed E-state index contributed by atoms with van der Waals surface area (Å²) < 4.78 is 18.5. The number of hydrogen-bond acceptors (Lipinski definition) is 2. The molecule has 1 aromatic heterocycles. The van der Waals surface area contributed by atoms with Crippen molar-refractivity contribution in [3.8, 4) is 11.3 Å². The van der Waals surface area contributed by atoms with Gasteiger partial charge in [-0.2, -0.15) is 0 Å². The number of rotatable bonds is 4. The first-order chi connectivity index (χ1) is 11.1. The maximum Gasteiger partial charge on any atom is 0.255 e. The molecule has 23 heavy (non-hydrogen) atoms. The van der Waals surface area contributed by atoms with E-state index in [9.17, 15) is 9.18 Å². The quantitative estimate of drug-likeness (QED) is 0.779. The minimum atomic E-state index is -0.293. The van der Waals surface area contributed by atoms with Crippen molar-refractivity contribution in [1.82, 2.24) is 5.32 Å². The van der Waals surface area contributed by atoms with Gasteiger partial charge in [0.2, 0.25) is 0 Å². The van der Waals surface area contributed by atoms with Crippen molar-refractivity contribution in [2.24, 2.45) is 0 Å². The molecule has 0 aliphatic rings. The van der Waals surface area contributed by atoms with Crippen LogP contribution in [0.25, 0.3) is 11.3 Å². The van der Waals surface area contributed by atoms with Crippen LogP contribution in [0.5, 0.6) is 0 Å². The van der Waals surface area contributed by atoms with Gasteiger partial charge in [-0.25, -0.2) is 4.39 Å². The molecule has 4 heteroatoms. The summed E-state index contributed by atoms with van der Waals surface area (Å²) >= 11 is 0. The van der Waals surface area contributed by atoms with E-state index in [2.05, 4.69) is 5.32 Å². The molecular weight excluding hydrogens is 293 g/mol. The van der Waals surface area contributed by atoms with Crippen LogP contribution in [-0.2, 0) is 6.54 Å². The molecule has 0 unspecified atom stereocenters. The second-order valence-electron chi connectivity index (χ2n) is 5.26. The summed E-state index contributed by atoms with van der Waals surface area (Å²) in [6.07, 6.45) is 0. The average molecular weight is 309 g/mol. The van der Waals surface area contributed by atoms with Gasteiger partial charge in [0.15, 0.2) is 0 Å². The molecule has 0 bridgehead atoms. The first-order valence-corrected chi connectivity index (χ1v) is 7.32. The van der Waals surface area contributed by atoms with Gasteiger partial charge >= 0.3 is 0 Å². The fourth-order valence-electron chi connectivity index (χ4n) is 2.33. The second kappa shape index (κ2) is 6.48. The van der Waals surface area contributed by atoms with Gasteiger partial charge in [0.25, 0.3) is 5.91 Å². The normalized spacial score (nSPS) is 10.5. The summed E-state index contributed by atoms with van der Waals surface area (Å²) in [5.41, 5.74) is 2.27. The number of aryl methyl sites for hydroxylation is 1. The number of benzene rings is 2. The first-order valence-electron chi connectivity index (χ1n) is 7.32. The lowest BCUT2D eigenvalue weighted by Gasteiger charge is -2.04. The highest BCUT2D eigenvalue weighted by molar-refractivity contribution is 5.96. The van der Waals surface area contributed by atoms with Gasteiger partial charge in [0, 0.05) is 12.1 Å². The molecule has 2 aromatic carbocycles. The largest absolute Gasteiger partial charge is 0.461 e. The van der Waals surface area contributed by atoms with Crippen molar-refractivity contribution in [3.05, 3.63) is 83.4 Å². The van der Waals surface area contributed by atoms with Crippen molar-refractivity contribution in [1.29, 1.82) is 0 Å². The molecular formula is C19H16FNO2. The summed E-state index contributed by atoms with van der Waals surface area (Å²) in [7, 11) is 0. The Bertz CT molecular complexity index is 807. The molecule has 1 N–H and O–H groups in total. The highest BCUT2D eigenvalue weighted by Gasteiger charge is 2.15. The third-order valence-electron chi connectivity index (χ3n) is 3.59. The molecule has 0 spiro atoms. The summed E-state index contributed by atoms with van der Waals surface area (Å²) in [6, 6.07) is 17.4. The average Bonchev–Trinajstić information content (AvgIpc) is 2.97. The third-order valence-corrected chi connectivity index (χ3v) is 3.59. The lowest BCUT2D eigenvalue weighted by atomic mass is 10.1. The second-order valence-corrected chi connectivity index (χ2v) is 5.26. The number of halogens is 1. The molecule has 0 saturated heterocycles. The maximum atomic E-state index is 12.9. The van der Waals surface area contributed by atoms with Crippen molar-refractivity contribution >= 4 is 5.91 Å². The van der Waals surface area contributed by atoms with Gasteiger partial charge in [-0.15, -0.1) is 0 Å². The molecule has 116 valence electrons. The molecule has 1 amide bonds. The minimum absolute atomic E-state index is 0.210. The maximum absolute atomic E-state index is 12.9. The predicted molar refractivity (Wildman–Crippen MR) is 86.5 cm³/mol. The number of hydrogen-bond donors (Lipinski definition) is 1. The molecule has 0 atom stereocenters. The summed E-state index contributed by atoms with van der Waals surface area (Å²) in [5, 5.41) is 2.82. The van der Waals surface area contributed by atoms with Crippen molar-refractivity contribution in [3.63, 3.8) is 0 Å². The third kappa shape index (κ3) is 3.48. The SMILES string of the molecule is Cc1oc(-c2ccccc2)cc1C(=O)NCc1ccc(F)cc1. The van der Waals surface area contributed by atoms with E-state index in [0.29, 0.717) is 23.6 Å². The van der Waals surface area contributed by atoms with E-state index < -0.39 is 0 Å². The molecule has 0 fully saturated rings. The molecule has 3 rings (SSSR count).